The molecule has 402 valence electrons. The summed E-state index contributed by atoms with van der Waals surface area (Å²) in [4.78, 5) is 49.2. The van der Waals surface area contributed by atoms with Crippen molar-refractivity contribution in [1.29, 1.82) is 0 Å². The Labute approximate surface area is 530 Å². The van der Waals surface area contributed by atoms with Crippen LogP contribution in [0.15, 0.2) is 24.3 Å². The van der Waals surface area contributed by atoms with E-state index in [1.54, 1.807) is 0 Å². The summed E-state index contributed by atoms with van der Waals surface area (Å²) in [5.74, 6) is 6.87. The maximum Gasteiger partial charge on any atom is 1.00 e. The van der Waals surface area contributed by atoms with Crippen molar-refractivity contribution in [2.75, 3.05) is 13.2 Å². The summed E-state index contributed by atoms with van der Waals surface area (Å²) in [5.41, 5.74) is 4.42. The molecule has 10 fully saturated rings. The number of ether oxygens (including phenoxy) is 1. The molecule has 10 aliphatic rings. The van der Waals surface area contributed by atoms with Crippen LogP contribution in [0.2, 0.25) is 0 Å². The third-order valence-corrected chi connectivity index (χ3v) is 27.0. The van der Waals surface area contributed by atoms with Gasteiger partial charge in [0, 0.05) is 19.8 Å². The minimum absolute atomic E-state index is 0. The molecule has 10 aliphatic carbocycles. The Morgan fingerprint density at radius 2 is 0.959 bits per heavy atom. The van der Waals surface area contributed by atoms with Crippen molar-refractivity contribution in [3.05, 3.63) is 24.3 Å². The molecule has 0 saturated heterocycles. The van der Waals surface area contributed by atoms with E-state index in [1.807, 2.05) is 0 Å². The predicted octanol–water partition coefficient (Wildman–Crippen LogP) is 7.54. The van der Waals surface area contributed by atoms with Crippen LogP contribution in [0.5, 0.6) is 0 Å². The average Bonchev–Trinajstić information content (AvgIpc) is 3.87. The molecule has 0 aromatic carbocycles. The zero-order valence-electron chi connectivity index (χ0n) is 50.1. The van der Waals surface area contributed by atoms with Crippen LogP contribution < -0.4 is 108 Å². The summed E-state index contributed by atoms with van der Waals surface area (Å²) in [7, 11) is 0. The zero-order chi connectivity index (χ0) is 52.3. The van der Waals surface area contributed by atoms with Gasteiger partial charge < -0.3 is 21.4 Å². The van der Waals surface area contributed by atoms with Gasteiger partial charge >= 0.3 is 109 Å². The molecule has 1 N–H and O–H groups in total. The van der Waals surface area contributed by atoms with Gasteiger partial charge in [-0.2, -0.15) is 0 Å². The number of carbonyl (C=O) groups excluding carboxylic acids is 4. The molecule has 73 heavy (non-hydrogen) atoms. The van der Waals surface area contributed by atoms with Crippen molar-refractivity contribution in [3.8, 4) is 0 Å². The van der Waals surface area contributed by atoms with Gasteiger partial charge in [0.15, 0.2) is 0 Å². The van der Waals surface area contributed by atoms with Crippen molar-refractivity contribution >= 4 is 24.0 Å². The largest absolute Gasteiger partial charge is 1.00 e. The molecule has 0 aliphatic heterocycles. The van der Waals surface area contributed by atoms with Crippen molar-refractivity contribution in [3.63, 3.8) is 0 Å². The van der Waals surface area contributed by atoms with Crippen LogP contribution in [0.3, 0.4) is 0 Å². The van der Waals surface area contributed by atoms with Crippen LogP contribution in [-0.2, 0) is 28.8 Å². The summed E-state index contributed by atoms with van der Waals surface area (Å²) < 4.78 is 5.54. The van der Waals surface area contributed by atoms with Crippen LogP contribution in [0.1, 0.15) is 220 Å². The van der Waals surface area contributed by atoms with Crippen molar-refractivity contribution in [2.24, 2.45) is 113 Å². The number of ketones is 2. The Hall–Kier alpha value is 0.953. The molecule has 10 saturated carbocycles. The smallest absolute Gasteiger partial charge is 1.00 e. The second kappa shape index (κ2) is 22.0. The fourth-order valence-corrected chi connectivity index (χ4v) is 22.9. The molecule has 10 rings (SSSR count). The number of fused-ring (bicyclic) bond motifs is 14. The van der Waals surface area contributed by atoms with Gasteiger partial charge in [-0.3, -0.25) is 19.2 Å². The molecule has 8 nitrogen and oxygen atoms in total. The van der Waals surface area contributed by atoms with Crippen LogP contribution in [0.4, 0.5) is 0 Å². The number of hydrogen-bond acceptors (Lipinski definition) is 8. The number of rotatable bonds is 6. The Morgan fingerprint density at radius 3 is 1.32 bits per heavy atom. The maximum atomic E-state index is 13.3. The Kier molecular flexibility index (Phi) is 19.0. The van der Waals surface area contributed by atoms with E-state index in [-0.39, 0.29) is 141 Å². The number of aliphatic hydroxyl groups is 1. The Morgan fingerprint density at radius 1 is 0.575 bits per heavy atom. The van der Waals surface area contributed by atoms with Gasteiger partial charge in [0.25, 0.3) is 6.47 Å². The minimum atomic E-state index is -0.542. The molecule has 0 aromatic heterocycles. The normalized spacial score (nSPS) is 50.8. The van der Waals surface area contributed by atoms with E-state index in [4.69, 9.17) is 14.8 Å². The van der Waals surface area contributed by atoms with Crippen molar-refractivity contribution in [2.45, 2.75) is 218 Å². The second-order valence-corrected chi connectivity index (χ2v) is 29.5. The Balaban J connectivity index is 0.000000247. The van der Waals surface area contributed by atoms with Crippen molar-refractivity contribution < 1.29 is 143 Å². The number of hydrogen-bond donors (Lipinski definition) is 1. The van der Waals surface area contributed by atoms with E-state index in [0.717, 1.165) is 49.4 Å². The maximum absolute atomic E-state index is 13.3. The molecular weight excluding hydrogens is 963 g/mol. The van der Waals surface area contributed by atoms with Crippen LogP contribution >= 0.6 is 0 Å². The third-order valence-electron chi connectivity index (χ3n) is 27.0. The quantitative estimate of drug-likeness (QED) is 0.0722. The number of allylic oxidation sites excluding steroid dienone is 2. The molecule has 8 unspecified atom stereocenters. The topological polar surface area (TPSA) is 130 Å². The van der Waals surface area contributed by atoms with Gasteiger partial charge in [-0.25, -0.2) is 0 Å². The van der Waals surface area contributed by atoms with Crippen LogP contribution in [0.25, 0.3) is 0 Å². The van der Waals surface area contributed by atoms with E-state index < -0.39 is 10.8 Å². The van der Waals surface area contributed by atoms with E-state index in [1.165, 1.54) is 108 Å². The molecule has 0 heterocycles. The number of aliphatic hydroxyl groups excluding tert-OH is 1. The molecule has 20 atom stereocenters. The van der Waals surface area contributed by atoms with Crippen LogP contribution in [-0.4, -0.2) is 42.3 Å². The summed E-state index contributed by atoms with van der Waals surface area (Å²) >= 11 is 0. The summed E-state index contributed by atoms with van der Waals surface area (Å²) in [5, 5.41) is 18.8. The molecular formula is C63H100K2O8. The van der Waals surface area contributed by atoms with Gasteiger partial charge in [-0.1, -0.05) is 86.6 Å². The predicted molar refractivity (Wildman–Crippen MR) is 280 cm³/mol. The summed E-state index contributed by atoms with van der Waals surface area (Å²) in [6.45, 7) is 40.1. The SMILES string of the molecule is C=C(C)[C@@H]1CC[C@]2(C)CC[C@]3(C)C(CCC4[C@@]5(C)CCC(=O)[C@@](C)(CO)C5CC[C@]43C)C12.C=C(C)[C@@H]1CC[C@]2(C)CC[C@]3(C)C(CCC4[C@@]5(C)CCC(=O)[C@@](C)(COC(C)=O)C5CC[C@]43C)C12.O=CO[O-].[H-].[K+].[K+]. The van der Waals surface area contributed by atoms with Gasteiger partial charge in [-0.05, 0) is 239 Å². The first kappa shape index (κ1) is 63.1. The van der Waals surface area contributed by atoms with E-state index in [0.29, 0.717) is 92.4 Å². The van der Waals surface area contributed by atoms with E-state index in [9.17, 15) is 19.5 Å². The molecule has 0 radical (unpaired) electrons. The fourth-order valence-electron chi connectivity index (χ4n) is 22.9. The average molecular weight is 1060 g/mol. The molecule has 0 bridgehead atoms. The van der Waals surface area contributed by atoms with Gasteiger partial charge in [0.05, 0.1) is 17.4 Å². The van der Waals surface area contributed by atoms with Crippen LogP contribution in [0, 0.1) is 113 Å². The van der Waals surface area contributed by atoms with Gasteiger partial charge in [0.2, 0.25) is 0 Å². The molecule has 10 heteroatoms. The second-order valence-electron chi connectivity index (χ2n) is 29.5. The van der Waals surface area contributed by atoms with E-state index >= 15 is 0 Å². The molecule has 0 spiro atoms. The van der Waals surface area contributed by atoms with Gasteiger partial charge in [0.1, 0.15) is 18.2 Å². The Bertz CT molecular complexity index is 2150. The summed E-state index contributed by atoms with van der Waals surface area (Å²) in [6, 6.07) is 0. The number of carbonyl (C=O) groups is 4. The molecule has 0 amide bonds. The zero-order valence-corrected chi connectivity index (χ0v) is 55.4. The number of esters is 1. The monoisotopic (exact) mass is 1060 g/mol. The first-order chi connectivity index (χ1) is 33.0. The number of Topliss-reactive ketones (excluding diaryl/α,β-unsaturated/α-hetero) is 2. The van der Waals surface area contributed by atoms with Gasteiger partial charge in [-0.15, -0.1) is 0 Å². The minimum Gasteiger partial charge on any atom is -1.00 e. The molecule has 0 aromatic rings. The van der Waals surface area contributed by atoms with Crippen molar-refractivity contribution in [1.82, 2.24) is 0 Å². The third kappa shape index (κ3) is 9.47. The fraction of sp³-hybridized carbons (Fsp3) is 0.873. The van der Waals surface area contributed by atoms with E-state index in [2.05, 4.69) is 101 Å². The summed E-state index contributed by atoms with van der Waals surface area (Å²) in [6.07, 6.45) is 24.2. The first-order valence-electron chi connectivity index (χ1n) is 28.9. The standard InChI is InChI=1S/C32H50O3.C30H48O2.CH2O3.2K.H/c1-20(2)22-11-14-28(4)17-18-31(7)23(27(22)28)9-10-25-29(5)15-13-26(34)30(6,19-35-21(3)33)24(29)12-16-32(25,31)8;1-19(2)20-10-13-26(3)16-17-29(6)21(25(20)26)8-9-23-27(4)14-12-24(32)28(5,18-31)22(27)11-15-30(23,29)7;2-1-4-3;;;/h22-25,27H,1,9-19H2,2-8H3;20-23,25,31H,1,8-18H2,2-7H3;1,3H;;;/q;;;2*+1;-1/p-1/t22-,23?,24?,25?,27?,28+,29-,30-,31+,32+;20-,21?,22?,23?,25?,26+,27-,28-,29+,30+;;;;/m00..../s1. The first-order valence-corrected chi connectivity index (χ1v) is 28.9.